The summed E-state index contributed by atoms with van der Waals surface area (Å²) in [7, 11) is -1.83. The number of nitrogens with one attached hydrogen (secondary N) is 2. The summed E-state index contributed by atoms with van der Waals surface area (Å²) in [4.78, 5) is 0.194. The van der Waals surface area contributed by atoms with Crippen LogP contribution in [-0.2, 0) is 16.4 Å². The lowest BCUT2D eigenvalue weighted by Crippen LogP contribution is -2.12. The van der Waals surface area contributed by atoms with Gasteiger partial charge in [-0.3, -0.25) is 4.72 Å². The number of hydrogen-bond acceptors (Lipinski definition) is 6. The molecule has 0 radical (unpaired) electrons. The quantitative estimate of drug-likeness (QED) is 0.881. The smallest absolute Gasteiger partial charge is 0.263 e. The molecule has 0 amide bonds. The molecule has 0 atom stereocenters. The van der Waals surface area contributed by atoms with Crippen molar-refractivity contribution in [1.29, 1.82) is 0 Å². The van der Waals surface area contributed by atoms with E-state index in [1.54, 1.807) is 19.2 Å². The molecule has 0 unspecified atom stereocenters. The third-order valence-electron chi connectivity index (χ3n) is 2.44. The summed E-state index contributed by atoms with van der Waals surface area (Å²) in [6, 6.07) is 6.48. The van der Waals surface area contributed by atoms with Crippen LogP contribution < -0.4 is 10.0 Å². The Morgan fingerprint density at radius 2 is 1.89 bits per heavy atom. The first-order chi connectivity index (χ1) is 9.05. The van der Waals surface area contributed by atoms with Crippen LogP contribution in [0.2, 0.25) is 0 Å². The zero-order valence-electron chi connectivity index (χ0n) is 10.5. The van der Waals surface area contributed by atoms with Gasteiger partial charge in [0, 0.05) is 12.7 Å². The van der Waals surface area contributed by atoms with Gasteiger partial charge in [-0.05, 0) is 30.7 Å². The Kier molecular flexibility index (Phi) is 4.01. The van der Waals surface area contributed by atoms with Crippen LogP contribution in [0.3, 0.4) is 0 Å². The summed E-state index contributed by atoms with van der Waals surface area (Å²) >= 11 is 1.24. The summed E-state index contributed by atoms with van der Waals surface area (Å²) in [5.41, 5.74) is 0.850. The van der Waals surface area contributed by atoms with E-state index in [2.05, 4.69) is 20.2 Å². The Morgan fingerprint density at radius 3 is 2.42 bits per heavy atom. The largest absolute Gasteiger partial charge is 0.388 e. The summed E-state index contributed by atoms with van der Waals surface area (Å²) in [5.74, 6) is 0. The van der Waals surface area contributed by atoms with E-state index in [1.165, 1.54) is 23.5 Å². The number of rotatable bonds is 5. The monoisotopic (exact) mass is 298 g/mol. The van der Waals surface area contributed by atoms with Gasteiger partial charge < -0.3 is 5.32 Å². The van der Waals surface area contributed by atoms with Crippen LogP contribution in [0, 0.1) is 0 Å². The minimum Gasteiger partial charge on any atom is -0.388 e. The normalized spacial score (nSPS) is 11.3. The Hall–Kier alpha value is -1.67. The highest BCUT2D eigenvalue weighted by molar-refractivity contribution is 7.93. The van der Waals surface area contributed by atoms with Gasteiger partial charge >= 0.3 is 0 Å². The number of nitrogens with zero attached hydrogens (tertiary/aromatic N) is 2. The lowest BCUT2D eigenvalue weighted by molar-refractivity contribution is 0.601. The first kappa shape index (κ1) is 13.8. The topological polar surface area (TPSA) is 84.0 Å². The van der Waals surface area contributed by atoms with E-state index in [0.717, 1.165) is 17.1 Å². The van der Waals surface area contributed by atoms with E-state index in [4.69, 9.17) is 0 Å². The molecule has 0 aliphatic heterocycles. The molecule has 0 aliphatic rings. The number of anilines is 2. The molecule has 0 saturated heterocycles. The van der Waals surface area contributed by atoms with Gasteiger partial charge in [0.15, 0.2) is 0 Å². The molecule has 102 valence electrons. The van der Waals surface area contributed by atoms with Crippen molar-refractivity contribution in [1.82, 2.24) is 10.2 Å². The fourth-order valence-corrected chi connectivity index (χ4v) is 3.32. The van der Waals surface area contributed by atoms with Crippen molar-refractivity contribution in [3.8, 4) is 0 Å². The maximum absolute atomic E-state index is 12.1. The number of sulfonamides is 1. The van der Waals surface area contributed by atoms with Crippen LogP contribution in [0.25, 0.3) is 0 Å². The van der Waals surface area contributed by atoms with Crippen LogP contribution in [0.5, 0.6) is 0 Å². The lowest BCUT2D eigenvalue weighted by atomic mass is 10.3. The number of aromatic nitrogens is 2. The second-order valence-corrected chi connectivity index (χ2v) is 6.48. The Labute approximate surface area is 115 Å². The minimum atomic E-state index is -3.60. The summed E-state index contributed by atoms with van der Waals surface area (Å²) in [6.07, 6.45) is 0.732. The van der Waals surface area contributed by atoms with Gasteiger partial charge in [-0.15, -0.1) is 10.2 Å². The average molecular weight is 298 g/mol. The molecule has 1 aromatic carbocycles. The first-order valence-corrected chi connectivity index (χ1v) is 7.98. The molecule has 2 aromatic rings. The Bertz CT molecular complexity index is 650. The Balaban J connectivity index is 2.21. The molecule has 6 nitrogen and oxygen atoms in total. The fourth-order valence-electron chi connectivity index (χ4n) is 1.41. The molecule has 2 N–H and O–H groups in total. The Morgan fingerprint density at radius 1 is 1.21 bits per heavy atom. The highest BCUT2D eigenvalue weighted by Crippen LogP contribution is 2.21. The van der Waals surface area contributed by atoms with Crippen LogP contribution in [0.15, 0.2) is 29.2 Å². The molecule has 0 spiro atoms. The van der Waals surface area contributed by atoms with E-state index >= 15 is 0 Å². The molecule has 0 bridgehead atoms. The van der Waals surface area contributed by atoms with Crippen LogP contribution in [-0.4, -0.2) is 25.7 Å². The van der Waals surface area contributed by atoms with E-state index in [1.807, 2.05) is 6.92 Å². The molecule has 0 fully saturated rings. The van der Waals surface area contributed by atoms with Gasteiger partial charge in [0.1, 0.15) is 5.01 Å². The van der Waals surface area contributed by atoms with E-state index in [-0.39, 0.29) is 10.0 Å². The predicted octanol–water partition coefficient (Wildman–Crippen LogP) is 1.94. The molecule has 2 rings (SSSR count). The van der Waals surface area contributed by atoms with Gasteiger partial charge in [-0.2, -0.15) is 0 Å². The summed E-state index contributed by atoms with van der Waals surface area (Å²) in [5, 5.41) is 11.7. The first-order valence-electron chi connectivity index (χ1n) is 5.68. The lowest BCUT2D eigenvalue weighted by Gasteiger charge is -2.05. The number of benzene rings is 1. The zero-order chi connectivity index (χ0) is 13.9. The summed E-state index contributed by atoms with van der Waals surface area (Å²) < 4.78 is 26.6. The number of hydrogen-bond donors (Lipinski definition) is 2. The molecule has 8 heteroatoms. The van der Waals surface area contributed by atoms with Crippen molar-refractivity contribution in [3.05, 3.63) is 29.3 Å². The van der Waals surface area contributed by atoms with Crippen LogP contribution >= 0.6 is 11.3 Å². The van der Waals surface area contributed by atoms with Gasteiger partial charge in [-0.1, -0.05) is 18.3 Å². The fraction of sp³-hybridized carbons (Fsp3) is 0.273. The maximum Gasteiger partial charge on any atom is 0.263 e. The van der Waals surface area contributed by atoms with Crippen LogP contribution in [0.1, 0.15) is 11.9 Å². The molecule has 1 aromatic heterocycles. The van der Waals surface area contributed by atoms with Crippen molar-refractivity contribution in [2.75, 3.05) is 17.1 Å². The SMILES string of the molecule is CCc1nnc(NS(=O)(=O)c2ccc(NC)cc2)s1. The number of aryl methyl sites for hydroxylation is 1. The second kappa shape index (κ2) is 5.54. The highest BCUT2D eigenvalue weighted by atomic mass is 32.2. The van der Waals surface area contributed by atoms with Gasteiger partial charge in [-0.25, -0.2) is 8.42 Å². The minimum absolute atomic E-state index is 0.194. The molecule has 19 heavy (non-hydrogen) atoms. The summed E-state index contributed by atoms with van der Waals surface area (Å²) in [6.45, 7) is 1.94. The van der Waals surface area contributed by atoms with E-state index < -0.39 is 10.0 Å². The van der Waals surface area contributed by atoms with E-state index in [9.17, 15) is 8.42 Å². The van der Waals surface area contributed by atoms with Gasteiger partial charge in [0.25, 0.3) is 10.0 Å². The zero-order valence-corrected chi connectivity index (χ0v) is 12.2. The third kappa shape index (κ3) is 3.21. The molecule has 1 heterocycles. The van der Waals surface area contributed by atoms with Crippen molar-refractivity contribution in [2.24, 2.45) is 0 Å². The molecular formula is C11H14N4O2S2. The van der Waals surface area contributed by atoms with Crippen molar-refractivity contribution >= 4 is 32.2 Å². The van der Waals surface area contributed by atoms with Gasteiger partial charge in [0.2, 0.25) is 5.13 Å². The van der Waals surface area contributed by atoms with Gasteiger partial charge in [0.05, 0.1) is 4.90 Å². The van der Waals surface area contributed by atoms with Crippen molar-refractivity contribution in [3.63, 3.8) is 0 Å². The third-order valence-corrected chi connectivity index (χ3v) is 4.91. The average Bonchev–Trinajstić information content (AvgIpc) is 2.85. The maximum atomic E-state index is 12.1. The molecule has 0 saturated carbocycles. The van der Waals surface area contributed by atoms with Crippen molar-refractivity contribution in [2.45, 2.75) is 18.2 Å². The second-order valence-electron chi connectivity index (χ2n) is 3.73. The molecular weight excluding hydrogens is 284 g/mol. The van der Waals surface area contributed by atoms with E-state index in [0.29, 0.717) is 0 Å². The standard InChI is InChI=1S/C11H14N4O2S2/c1-3-10-13-14-11(18-10)15-19(16,17)9-6-4-8(12-2)5-7-9/h4-7,12H,3H2,1-2H3,(H,14,15). The van der Waals surface area contributed by atoms with Crippen LogP contribution in [0.4, 0.5) is 10.8 Å². The molecule has 0 aliphatic carbocycles. The predicted molar refractivity (Wildman–Crippen MR) is 76.1 cm³/mol. The highest BCUT2D eigenvalue weighted by Gasteiger charge is 2.16. The van der Waals surface area contributed by atoms with Crippen molar-refractivity contribution < 1.29 is 8.42 Å².